The third kappa shape index (κ3) is 5.11. The topological polar surface area (TPSA) is 47.8 Å². The molecule has 0 bridgehead atoms. The summed E-state index contributed by atoms with van der Waals surface area (Å²) in [6.07, 6.45) is 3.28. The van der Waals surface area contributed by atoms with Crippen LogP contribution in [-0.4, -0.2) is 43.1 Å². The molecular weight excluding hydrogens is 476 g/mol. The molecule has 0 N–H and O–H groups in total. The molecule has 1 fully saturated rings. The average molecular weight is 515 g/mol. The molecule has 2 aliphatic heterocycles. The maximum Gasteiger partial charge on any atom is 0.217 e. The first kappa shape index (κ1) is 25.7. The molecule has 37 heavy (non-hydrogen) atoms. The van der Waals surface area contributed by atoms with Gasteiger partial charge in [-0.05, 0) is 55.7 Å². The zero-order valence-corrected chi connectivity index (χ0v) is 23.3. The number of rotatable bonds is 7. The number of hydrogen-bond acceptors (Lipinski definition) is 4. The van der Waals surface area contributed by atoms with E-state index in [1.807, 2.05) is 18.2 Å². The van der Waals surface area contributed by atoms with E-state index in [0.717, 1.165) is 36.1 Å². The summed E-state index contributed by atoms with van der Waals surface area (Å²) in [5.41, 5.74) is 2.75. The van der Waals surface area contributed by atoms with Crippen LogP contribution >= 0.6 is 0 Å². The van der Waals surface area contributed by atoms with Crippen LogP contribution in [-0.2, 0) is 14.9 Å². The van der Waals surface area contributed by atoms with E-state index >= 15 is 0 Å². The van der Waals surface area contributed by atoms with Crippen molar-refractivity contribution in [1.82, 2.24) is 4.90 Å². The second kappa shape index (κ2) is 10.4. The molecule has 1 saturated heterocycles. The first-order valence-electron chi connectivity index (χ1n) is 13.4. The molecule has 0 spiro atoms. The largest absolute Gasteiger partial charge is 0.403 e. The minimum Gasteiger partial charge on any atom is -0.403 e. The van der Waals surface area contributed by atoms with Gasteiger partial charge in [-0.1, -0.05) is 97.9 Å². The van der Waals surface area contributed by atoms with Gasteiger partial charge in [0.1, 0.15) is 11.8 Å². The first-order valence-corrected chi connectivity index (χ1v) is 16.8. The highest BCUT2D eigenvalue weighted by Gasteiger charge is 2.53. The summed E-state index contributed by atoms with van der Waals surface area (Å²) in [6.45, 7) is 9.82. The van der Waals surface area contributed by atoms with Gasteiger partial charge < -0.3 is 9.26 Å². The van der Waals surface area contributed by atoms with Crippen molar-refractivity contribution >= 4 is 14.5 Å². The Morgan fingerprint density at radius 3 is 1.97 bits per heavy atom. The summed E-state index contributed by atoms with van der Waals surface area (Å²) in [6, 6.07) is 31.6. The Morgan fingerprint density at radius 2 is 1.43 bits per heavy atom. The molecule has 0 aliphatic carbocycles. The van der Waals surface area contributed by atoms with Gasteiger partial charge in [0.25, 0.3) is 0 Å². The molecule has 2 aliphatic rings. The highest BCUT2D eigenvalue weighted by Crippen LogP contribution is 2.47. The fourth-order valence-electron chi connectivity index (χ4n) is 6.23. The third-order valence-electron chi connectivity index (χ3n) is 7.66. The van der Waals surface area contributed by atoms with Crippen LogP contribution in [0.3, 0.4) is 0 Å². The van der Waals surface area contributed by atoms with Crippen LogP contribution in [0.5, 0.6) is 0 Å². The first-order chi connectivity index (χ1) is 17.8. The van der Waals surface area contributed by atoms with Gasteiger partial charge in [0.2, 0.25) is 6.21 Å². The van der Waals surface area contributed by atoms with Crippen molar-refractivity contribution in [3.05, 3.63) is 113 Å². The summed E-state index contributed by atoms with van der Waals surface area (Å²) in [4.78, 5) is 9.17. The van der Waals surface area contributed by atoms with E-state index in [2.05, 4.69) is 104 Å². The van der Waals surface area contributed by atoms with E-state index in [1.165, 1.54) is 0 Å². The standard InChI is InChI=1S/C31H38N2O3Si/c1-24-28(25-15-8-5-9-16-25)23-33(34)35-30(24)32-22-14-21-29(32)31(36-37(2,3)4,26-17-10-6-11-18-26)27-19-12-7-13-20-27/h5-13,15-20,23-24,28-30H,14,21-22H2,1-4H3/t24-,28+,29+,30-/m1/s1. The number of nitrogens with zero attached hydrogens (tertiary/aromatic N) is 2. The highest BCUT2D eigenvalue weighted by molar-refractivity contribution is 6.69. The Bertz CT molecular complexity index is 1160. The smallest absolute Gasteiger partial charge is 0.217 e. The fourth-order valence-corrected chi connectivity index (χ4v) is 7.57. The lowest BCUT2D eigenvalue weighted by molar-refractivity contribution is -0.765. The second-order valence-corrected chi connectivity index (χ2v) is 15.7. The zero-order valence-electron chi connectivity index (χ0n) is 22.3. The van der Waals surface area contributed by atoms with Gasteiger partial charge in [0.15, 0.2) is 8.32 Å². The van der Waals surface area contributed by atoms with Crippen LogP contribution in [0.2, 0.25) is 19.6 Å². The molecular formula is C31H38N2O3Si. The van der Waals surface area contributed by atoms with Gasteiger partial charge in [-0.15, -0.1) is 0 Å². The predicted molar refractivity (Wildman–Crippen MR) is 151 cm³/mol. The molecule has 3 aromatic rings. The van der Waals surface area contributed by atoms with Crippen molar-refractivity contribution in [2.24, 2.45) is 5.92 Å². The molecule has 5 nitrogen and oxygen atoms in total. The number of hydrogen-bond donors (Lipinski definition) is 0. The molecule has 0 unspecified atom stereocenters. The number of likely N-dealkylation sites (tertiary alicyclic amines) is 1. The van der Waals surface area contributed by atoms with Crippen molar-refractivity contribution < 1.29 is 14.2 Å². The summed E-state index contributed by atoms with van der Waals surface area (Å²) >= 11 is 0. The maximum absolute atomic E-state index is 12.9. The van der Waals surface area contributed by atoms with E-state index < -0.39 is 13.9 Å². The summed E-state index contributed by atoms with van der Waals surface area (Å²) < 4.78 is 7.32. The molecule has 6 heteroatoms. The lowest BCUT2D eigenvalue weighted by Gasteiger charge is -2.50. The summed E-state index contributed by atoms with van der Waals surface area (Å²) in [7, 11) is -2.05. The molecule has 3 aromatic carbocycles. The Hall–Kier alpha value is -2.93. The van der Waals surface area contributed by atoms with E-state index in [1.54, 1.807) is 6.21 Å². The van der Waals surface area contributed by atoms with Gasteiger partial charge in [-0.2, -0.15) is 0 Å². The lowest BCUT2D eigenvalue weighted by atomic mass is 9.78. The van der Waals surface area contributed by atoms with Crippen molar-refractivity contribution in [2.75, 3.05) is 6.54 Å². The summed E-state index contributed by atoms with van der Waals surface area (Å²) in [5.74, 6) is 0.0591. The predicted octanol–water partition coefficient (Wildman–Crippen LogP) is 6.52. The minimum atomic E-state index is -2.05. The van der Waals surface area contributed by atoms with E-state index in [9.17, 15) is 5.21 Å². The van der Waals surface area contributed by atoms with Crippen LogP contribution in [0.25, 0.3) is 0 Å². The van der Waals surface area contributed by atoms with E-state index in [4.69, 9.17) is 9.26 Å². The lowest BCUT2D eigenvalue weighted by Crippen LogP contribution is -2.59. The van der Waals surface area contributed by atoms with Gasteiger partial charge in [0.05, 0.1) is 5.92 Å². The molecule has 194 valence electrons. The van der Waals surface area contributed by atoms with E-state index in [0.29, 0.717) is 4.90 Å². The monoisotopic (exact) mass is 514 g/mol. The Morgan fingerprint density at radius 1 is 0.892 bits per heavy atom. The molecule has 0 amide bonds. The van der Waals surface area contributed by atoms with Crippen LogP contribution in [0, 0.1) is 11.1 Å². The Balaban J connectivity index is 1.62. The zero-order chi connectivity index (χ0) is 26.0. The van der Waals surface area contributed by atoms with Crippen molar-refractivity contribution in [1.29, 1.82) is 0 Å². The third-order valence-corrected chi connectivity index (χ3v) is 8.59. The van der Waals surface area contributed by atoms with Gasteiger partial charge >= 0.3 is 0 Å². The molecule has 0 saturated carbocycles. The molecule has 0 aromatic heterocycles. The van der Waals surface area contributed by atoms with Crippen LogP contribution in [0.1, 0.15) is 42.4 Å². The van der Waals surface area contributed by atoms with Crippen LogP contribution < -0.4 is 0 Å². The Labute approximate surface area is 222 Å². The maximum atomic E-state index is 12.9. The quantitative estimate of drug-likeness (QED) is 0.266. The highest BCUT2D eigenvalue weighted by atomic mass is 28.4. The summed E-state index contributed by atoms with van der Waals surface area (Å²) in [5, 5.41) is 12.9. The minimum absolute atomic E-state index is 0.0133. The normalized spacial score (nSPS) is 24.9. The molecule has 2 heterocycles. The van der Waals surface area contributed by atoms with Crippen molar-refractivity contribution in [2.45, 2.75) is 63.2 Å². The van der Waals surface area contributed by atoms with Crippen LogP contribution in [0.15, 0.2) is 91.0 Å². The average Bonchev–Trinajstić information content (AvgIpc) is 3.39. The second-order valence-electron chi connectivity index (χ2n) is 11.3. The Kier molecular flexibility index (Phi) is 7.25. The molecule has 0 radical (unpaired) electrons. The van der Waals surface area contributed by atoms with Gasteiger partial charge in [-0.3, -0.25) is 10.1 Å². The molecule has 5 rings (SSSR count). The molecule has 4 atom stereocenters. The SMILES string of the molecule is C[C@@H]1[C@@H](c2ccccc2)C=[N+]([O-])O[C@H]1N1CCC[C@H]1C(O[Si](C)(C)C)(c1ccccc1)c1ccccc1. The van der Waals surface area contributed by atoms with E-state index in [-0.39, 0.29) is 24.1 Å². The van der Waals surface area contributed by atoms with Crippen molar-refractivity contribution in [3.63, 3.8) is 0 Å². The van der Waals surface area contributed by atoms with Gasteiger partial charge in [0, 0.05) is 16.9 Å². The fraction of sp³-hybridized carbons (Fsp3) is 0.387. The van der Waals surface area contributed by atoms with Crippen LogP contribution in [0.4, 0.5) is 0 Å². The number of benzene rings is 3. The van der Waals surface area contributed by atoms with Crippen molar-refractivity contribution in [3.8, 4) is 0 Å². The van der Waals surface area contributed by atoms with Gasteiger partial charge in [-0.25, -0.2) is 0 Å².